The molecule has 4 rings (SSSR count). The Kier molecular flexibility index (Phi) is 12.4. The molecule has 11 heteroatoms. The third-order valence-corrected chi connectivity index (χ3v) is 10.3. The number of hydrogen-bond donors (Lipinski definition) is 2. The van der Waals surface area contributed by atoms with Crippen molar-refractivity contribution >= 4 is 38.6 Å². The molecular weight excluding hydrogens is 615 g/mol. The molecule has 3 N–H and O–H groups in total. The monoisotopic (exact) mass is 655 g/mol. The minimum atomic E-state index is -3.80. The summed E-state index contributed by atoms with van der Waals surface area (Å²) in [5, 5.41) is 13.2. The summed E-state index contributed by atoms with van der Waals surface area (Å²) < 4.78 is 35.9. The summed E-state index contributed by atoms with van der Waals surface area (Å²) >= 11 is 3.29. The van der Waals surface area contributed by atoms with Gasteiger partial charge in [-0.3, -0.25) is 4.79 Å². The van der Waals surface area contributed by atoms with Crippen LogP contribution in [0.2, 0.25) is 0 Å². The quantitative estimate of drug-likeness (QED) is 0.137. The number of nitrogens with one attached hydrogen (secondary N) is 1. The second kappa shape index (κ2) is 16.2. The van der Waals surface area contributed by atoms with E-state index in [0.29, 0.717) is 51.9 Å². The van der Waals surface area contributed by atoms with E-state index in [1.165, 1.54) is 0 Å². The van der Waals surface area contributed by atoms with Gasteiger partial charge in [0, 0.05) is 22.7 Å². The zero-order chi connectivity index (χ0) is 31.4. The maximum atomic E-state index is 13.3. The summed E-state index contributed by atoms with van der Waals surface area (Å²) in [4.78, 5) is 17.5. The molecule has 0 radical (unpaired) electrons. The predicted molar refractivity (Wildman–Crippen MR) is 179 cm³/mol. The SMILES string of the molecule is COc1ccc(CC(CCNCCC(=O)N(Cc2cccs2)Cc2cccs2)(Cc2ccc(OC)cc2)CS(N)(=O)=O)cc1. The number of benzene rings is 2. The Morgan fingerprint density at radius 2 is 1.32 bits per heavy atom. The van der Waals surface area contributed by atoms with Crippen molar-refractivity contribution in [3.05, 3.63) is 104 Å². The average Bonchev–Trinajstić information content (AvgIpc) is 3.71. The van der Waals surface area contributed by atoms with E-state index in [0.717, 1.165) is 32.4 Å². The predicted octanol–water partition coefficient (Wildman–Crippen LogP) is 5.49. The first-order chi connectivity index (χ1) is 21.2. The van der Waals surface area contributed by atoms with E-state index in [9.17, 15) is 13.2 Å². The molecule has 236 valence electrons. The minimum absolute atomic E-state index is 0.0755. The summed E-state index contributed by atoms with van der Waals surface area (Å²) in [6.07, 6.45) is 1.91. The molecule has 44 heavy (non-hydrogen) atoms. The fraction of sp³-hybridized carbons (Fsp3) is 0.364. The van der Waals surface area contributed by atoms with Crippen molar-refractivity contribution in [2.75, 3.05) is 33.1 Å². The molecule has 0 saturated heterocycles. The van der Waals surface area contributed by atoms with Gasteiger partial charge in [0.15, 0.2) is 0 Å². The van der Waals surface area contributed by atoms with E-state index < -0.39 is 15.4 Å². The Bertz CT molecular complexity index is 1440. The molecule has 0 unspecified atom stereocenters. The van der Waals surface area contributed by atoms with Gasteiger partial charge in [0.25, 0.3) is 0 Å². The standard InChI is InChI=1S/C33H41N3O5S3/c1-40-28-11-7-26(8-12-28)21-33(25-44(34,38)39,22-27-9-13-29(41-2)14-10-27)16-18-35-17-15-32(37)36(23-30-5-3-19-42-30)24-31-6-4-20-43-31/h3-14,19-20,35H,15-18,21-25H2,1-2H3,(H2,34,38,39). The van der Waals surface area contributed by atoms with Crippen LogP contribution in [0.25, 0.3) is 0 Å². The van der Waals surface area contributed by atoms with Crippen molar-refractivity contribution in [3.63, 3.8) is 0 Å². The molecule has 2 aromatic heterocycles. The van der Waals surface area contributed by atoms with Crippen LogP contribution in [0.1, 0.15) is 33.7 Å². The first kappa shape index (κ1) is 33.7. The number of amides is 1. The maximum absolute atomic E-state index is 13.3. The lowest BCUT2D eigenvalue weighted by Crippen LogP contribution is -2.40. The van der Waals surface area contributed by atoms with Gasteiger partial charge in [-0.05, 0) is 89.5 Å². The first-order valence-electron chi connectivity index (χ1n) is 14.5. The highest BCUT2D eigenvalue weighted by Gasteiger charge is 2.35. The van der Waals surface area contributed by atoms with Crippen molar-refractivity contribution in [2.24, 2.45) is 10.6 Å². The summed E-state index contributed by atoms with van der Waals surface area (Å²) in [5.74, 6) is 1.37. The van der Waals surface area contributed by atoms with E-state index in [1.54, 1.807) is 36.9 Å². The van der Waals surface area contributed by atoms with E-state index in [1.807, 2.05) is 88.5 Å². The number of rotatable bonds is 18. The number of nitrogens with two attached hydrogens (primary N) is 1. The van der Waals surface area contributed by atoms with Crippen LogP contribution >= 0.6 is 22.7 Å². The molecule has 0 spiro atoms. The maximum Gasteiger partial charge on any atom is 0.224 e. The van der Waals surface area contributed by atoms with Gasteiger partial charge in [-0.2, -0.15) is 0 Å². The largest absolute Gasteiger partial charge is 0.497 e. The third kappa shape index (κ3) is 10.7. The third-order valence-electron chi connectivity index (χ3n) is 7.54. The van der Waals surface area contributed by atoms with Crippen molar-refractivity contribution in [1.82, 2.24) is 10.2 Å². The van der Waals surface area contributed by atoms with E-state index in [-0.39, 0.29) is 11.7 Å². The van der Waals surface area contributed by atoms with Gasteiger partial charge in [-0.25, -0.2) is 13.6 Å². The second-order valence-electron chi connectivity index (χ2n) is 11.0. The molecule has 1 amide bonds. The molecule has 0 aliphatic carbocycles. The number of carbonyl (C=O) groups excluding carboxylic acids is 1. The fourth-order valence-electron chi connectivity index (χ4n) is 5.44. The highest BCUT2D eigenvalue weighted by atomic mass is 32.2. The zero-order valence-electron chi connectivity index (χ0n) is 25.2. The number of methoxy groups -OCH3 is 2. The summed E-state index contributed by atoms with van der Waals surface area (Å²) in [6, 6.07) is 23.5. The van der Waals surface area contributed by atoms with Gasteiger partial charge in [0.2, 0.25) is 15.9 Å². The van der Waals surface area contributed by atoms with E-state index in [4.69, 9.17) is 14.6 Å². The lowest BCUT2D eigenvalue weighted by atomic mass is 9.75. The molecule has 0 saturated carbocycles. The lowest BCUT2D eigenvalue weighted by Gasteiger charge is -2.34. The van der Waals surface area contributed by atoms with Crippen LogP contribution < -0.4 is 19.9 Å². The van der Waals surface area contributed by atoms with Gasteiger partial charge >= 0.3 is 0 Å². The van der Waals surface area contributed by atoms with Crippen LogP contribution in [0.15, 0.2) is 83.6 Å². The molecule has 0 aliphatic rings. The van der Waals surface area contributed by atoms with Crippen LogP contribution in [0.3, 0.4) is 0 Å². The Balaban J connectivity index is 1.45. The van der Waals surface area contributed by atoms with Gasteiger partial charge in [-0.1, -0.05) is 36.4 Å². The number of ether oxygens (including phenoxy) is 2. The zero-order valence-corrected chi connectivity index (χ0v) is 27.7. The Morgan fingerprint density at radius 1 is 0.818 bits per heavy atom. The number of primary sulfonamides is 1. The summed E-state index contributed by atoms with van der Waals surface area (Å²) in [6.45, 7) is 2.18. The van der Waals surface area contributed by atoms with Crippen LogP contribution in [-0.2, 0) is 40.7 Å². The fourth-order valence-corrected chi connectivity index (χ4v) is 8.08. The molecule has 0 atom stereocenters. The van der Waals surface area contributed by atoms with E-state index >= 15 is 0 Å². The average molecular weight is 656 g/mol. The summed E-state index contributed by atoms with van der Waals surface area (Å²) in [7, 11) is -0.571. The minimum Gasteiger partial charge on any atom is -0.497 e. The molecule has 0 aliphatic heterocycles. The van der Waals surface area contributed by atoms with E-state index in [2.05, 4.69) is 5.32 Å². The molecule has 0 fully saturated rings. The lowest BCUT2D eigenvalue weighted by molar-refractivity contribution is -0.132. The first-order valence-corrected chi connectivity index (χ1v) is 17.9. The van der Waals surface area contributed by atoms with Gasteiger partial charge in [-0.15, -0.1) is 22.7 Å². The Labute approximate surface area is 268 Å². The number of nitrogens with zero attached hydrogens (tertiary/aromatic N) is 1. The van der Waals surface area contributed by atoms with Crippen molar-refractivity contribution in [3.8, 4) is 11.5 Å². The Hall–Kier alpha value is -3.22. The number of hydrogen-bond acceptors (Lipinski definition) is 8. The molecule has 0 bridgehead atoms. The van der Waals surface area contributed by atoms with Gasteiger partial charge in [0.1, 0.15) is 11.5 Å². The number of carbonyl (C=O) groups is 1. The van der Waals surface area contributed by atoms with Crippen molar-refractivity contribution in [1.29, 1.82) is 0 Å². The highest BCUT2D eigenvalue weighted by molar-refractivity contribution is 7.89. The Morgan fingerprint density at radius 3 is 1.73 bits per heavy atom. The smallest absolute Gasteiger partial charge is 0.224 e. The topological polar surface area (TPSA) is 111 Å². The summed E-state index contributed by atoms with van der Waals surface area (Å²) in [5.41, 5.74) is 1.31. The van der Waals surface area contributed by atoms with Gasteiger partial charge in [0.05, 0.1) is 33.1 Å². The number of sulfonamides is 1. The molecule has 2 heterocycles. The molecule has 4 aromatic rings. The molecule has 8 nitrogen and oxygen atoms in total. The molecular formula is C33H41N3O5S3. The second-order valence-corrected chi connectivity index (χ2v) is 14.7. The van der Waals surface area contributed by atoms with Crippen LogP contribution in [-0.4, -0.2) is 52.3 Å². The molecule has 2 aromatic carbocycles. The normalized spacial score (nSPS) is 11.8. The van der Waals surface area contributed by atoms with Crippen molar-refractivity contribution in [2.45, 2.75) is 38.8 Å². The number of thiophene rings is 2. The van der Waals surface area contributed by atoms with Crippen LogP contribution in [0.4, 0.5) is 0 Å². The van der Waals surface area contributed by atoms with Crippen LogP contribution in [0.5, 0.6) is 11.5 Å². The van der Waals surface area contributed by atoms with Crippen LogP contribution in [0, 0.1) is 5.41 Å². The van der Waals surface area contributed by atoms with Gasteiger partial charge < -0.3 is 19.7 Å². The highest BCUT2D eigenvalue weighted by Crippen LogP contribution is 2.34. The van der Waals surface area contributed by atoms with Crippen molar-refractivity contribution < 1.29 is 22.7 Å².